The van der Waals surface area contributed by atoms with E-state index in [1.807, 2.05) is 0 Å². The van der Waals surface area contributed by atoms with Gasteiger partial charge in [0, 0.05) is 10.6 Å². The van der Waals surface area contributed by atoms with Crippen molar-refractivity contribution in [3.63, 3.8) is 0 Å². The standard InChI is InChI=1S/C16H24ClFO/c1-2-3-4-5-6-7-8-9-16(19)14-11-10-13(17)12-15(14)18/h10-12,16,19H,2-9H2,1H3. The van der Waals surface area contributed by atoms with Crippen molar-refractivity contribution < 1.29 is 9.50 Å². The average molecular weight is 287 g/mol. The lowest BCUT2D eigenvalue weighted by molar-refractivity contribution is 0.159. The van der Waals surface area contributed by atoms with Gasteiger partial charge in [-0.05, 0) is 18.6 Å². The second kappa shape index (κ2) is 9.33. The third-order valence-electron chi connectivity index (χ3n) is 3.40. The number of rotatable bonds is 9. The molecular weight excluding hydrogens is 263 g/mol. The SMILES string of the molecule is CCCCCCCCCC(O)c1ccc(Cl)cc1F. The molecule has 0 radical (unpaired) electrons. The molecule has 0 spiro atoms. The number of benzene rings is 1. The van der Waals surface area contributed by atoms with Crippen LogP contribution >= 0.6 is 11.6 Å². The van der Waals surface area contributed by atoms with Gasteiger partial charge in [-0.1, -0.05) is 69.5 Å². The van der Waals surface area contributed by atoms with Gasteiger partial charge in [0.05, 0.1) is 6.10 Å². The van der Waals surface area contributed by atoms with Crippen LogP contribution in [0.1, 0.15) is 70.0 Å². The van der Waals surface area contributed by atoms with Gasteiger partial charge in [0.25, 0.3) is 0 Å². The first-order valence-corrected chi connectivity index (χ1v) is 7.66. The Kier molecular flexibility index (Phi) is 8.08. The molecule has 0 aliphatic rings. The summed E-state index contributed by atoms with van der Waals surface area (Å²) >= 11 is 5.69. The van der Waals surface area contributed by atoms with E-state index in [0.717, 1.165) is 12.8 Å². The molecule has 1 aromatic rings. The van der Waals surface area contributed by atoms with Gasteiger partial charge in [0.2, 0.25) is 0 Å². The molecule has 1 nitrogen and oxygen atoms in total. The Hall–Kier alpha value is -0.600. The zero-order valence-corrected chi connectivity index (χ0v) is 12.4. The fourth-order valence-corrected chi connectivity index (χ4v) is 2.38. The highest BCUT2D eigenvalue weighted by atomic mass is 35.5. The Morgan fingerprint density at radius 3 is 2.37 bits per heavy atom. The highest BCUT2D eigenvalue weighted by Gasteiger charge is 2.12. The van der Waals surface area contributed by atoms with Gasteiger partial charge in [0.1, 0.15) is 5.82 Å². The van der Waals surface area contributed by atoms with Crippen LogP contribution in [0, 0.1) is 5.82 Å². The fourth-order valence-electron chi connectivity index (χ4n) is 2.22. The van der Waals surface area contributed by atoms with E-state index >= 15 is 0 Å². The van der Waals surface area contributed by atoms with Crippen LogP contribution in [0.2, 0.25) is 5.02 Å². The lowest BCUT2D eigenvalue weighted by atomic mass is 10.0. The first-order valence-electron chi connectivity index (χ1n) is 7.28. The van der Waals surface area contributed by atoms with E-state index in [9.17, 15) is 9.50 Å². The number of unbranched alkanes of at least 4 members (excludes halogenated alkanes) is 6. The largest absolute Gasteiger partial charge is 0.388 e. The minimum atomic E-state index is -0.715. The average Bonchev–Trinajstić information content (AvgIpc) is 2.37. The van der Waals surface area contributed by atoms with Crippen LogP contribution in [0.25, 0.3) is 0 Å². The Bertz CT molecular complexity index is 368. The molecule has 1 aromatic carbocycles. The molecule has 1 N–H and O–H groups in total. The Balaban J connectivity index is 2.22. The molecule has 0 fully saturated rings. The minimum absolute atomic E-state index is 0.357. The number of hydrogen-bond donors (Lipinski definition) is 1. The molecule has 108 valence electrons. The molecule has 19 heavy (non-hydrogen) atoms. The van der Waals surface area contributed by atoms with E-state index in [1.54, 1.807) is 12.1 Å². The van der Waals surface area contributed by atoms with Crippen molar-refractivity contribution in [1.29, 1.82) is 0 Å². The van der Waals surface area contributed by atoms with Gasteiger partial charge in [-0.3, -0.25) is 0 Å². The summed E-state index contributed by atoms with van der Waals surface area (Å²) < 4.78 is 13.6. The zero-order chi connectivity index (χ0) is 14.1. The summed E-state index contributed by atoms with van der Waals surface area (Å²) in [6.07, 6.45) is 8.28. The van der Waals surface area contributed by atoms with Crippen molar-refractivity contribution in [1.82, 2.24) is 0 Å². The predicted octanol–water partition coefficient (Wildman–Crippen LogP) is 5.65. The molecule has 1 atom stereocenters. The third kappa shape index (κ3) is 6.40. The summed E-state index contributed by atoms with van der Waals surface area (Å²) in [5.74, 6) is -0.414. The quantitative estimate of drug-likeness (QED) is 0.581. The summed E-state index contributed by atoms with van der Waals surface area (Å²) in [5, 5.41) is 10.3. The van der Waals surface area contributed by atoms with Crippen LogP contribution in [0.4, 0.5) is 4.39 Å². The molecule has 0 saturated carbocycles. The van der Waals surface area contributed by atoms with Gasteiger partial charge in [0.15, 0.2) is 0 Å². The number of halogens is 2. The van der Waals surface area contributed by atoms with Crippen molar-refractivity contribution in [2.75, 3.05) is 0 Å². The highest BCUT2D eigenvalue weighted by Crippen LogP contribution is 2.25. The third-order valence-corrected chi connectivity index (χ3v) is 3.64. The molecule has 0 aliphatic carbocycles. The topological polar surface area (TPSA) is 20.2 Å². The highest BCUT2D eigenvalue weighted by molar-refractivity contribution is 6.30. The molecule has 0 heterocycles. The Labute approximate surface area is 120 Å². The van der Waals surface area contributed by atoms with Crippen LogP contribution in [-0.4, -0.2) is 5.11 Å². The number of hydrogen-bond acceptors (Lipinski definition) is 1. The van der Waals surface area contributed by atoms with E-state index in [2.05, 4.69) is 6.92 Å². The molecule has 3 heteroatoms. The summed E-state index contributed by atoms with van der Waals surface area (Å²) in [5.41, 5.74) is 0.357. The minimum Gasteiger partial charge on any atom is -0.388 e. The van der Waals surface area contributed by atoms with Crippen molar-refractivity contribution in [3.05, 3.63) is 34.6 Å². The maximum absolute atomic E-state index is 13.6. The molecule has 0 bridgehead atoms. The number of aliphatic hydroxyl groups excluding tert-OH is 1. The zero-order valence-electron chi connectivity index (χ0n) is 11.7. The number of aliphatic hydroxyl groups is 1. The van der Waals surface area contributed by atoms with E-state index in [-0.39, 0.29) is 0 Å². The smallest absolute Gasteiger partial charge is 0.130 e. The van der Waals surface area contributed by atoms with Crippen molar-refractivity contribution in [2.24, 2.45) is 0 Å². The van der Waals surface area contributed by atoms with Gasteiger partial charge in [-0.2, -0.15) is 0 Å². The molecule has 0 amide bonds. The van der Waals surface area contributed by atoms with Crippen molar-refractivity contribution in [3.8, 4) is 0 Å². The maximum Gasteiger partial charge on any atom is 0.130 e. The Morgan fingerprint density at radius 1 is 1.11 bits per heavy atom. The monoisotopic (exact) mass is 286 g/mol. The van der Waals surface area contributed by atoms with Gasteiger partial charge < -0.3 is 5.11 Å². The second-order valence-corrected chi connectivity index (χ2v) is 5.53. The Morgan fingerprint density at radius 2 is 1.74 bits per heavy atom. The van der Waals surface area contributed by atoms with E-state index in [1.165, 1.54) is 38.2 Å². The molecule has 0 saturated heterocycles. The summed E-state index contributed by atoms with van der Waals surface area (Å²) in [6.45, 7) is 2.21. The predicted molar refractivity (Wildman–Crippen MR) is 79.0 cm³/mol. The first-order chi connectivity index (χ1) is 9.15. The van der Waals surface area contributed by atoms with E-state index < -0.39 is 11.9 Å². The summed E-state index contributed by atoms with van der Waals surface area (Å²) in [7, 11) is 0. The van der Waals surface area contributed by atoms with Gasteiger partial charge >= 0.3 is 0 Å². The van der Waals surface area contributed by atoms with Crippen LogP contribution in [0.5, 0.6) is 0 Å². The second-order valence-electron chi connectivity index (χ2n) is 5.09. The lowest BCUT2D eigenvalue weighted by Gasteiger charge is -2.12. The molecular formula is C16H24ClFO. The fraction of sp³-hybridized carbons (Fsp3) is 0.625. The van der Waals surface area contributed by atoms with Crippen LogP contribution < -0.4 is 0 Å². The maximum atomic E-state index is 13.6. The van der Waals surface area contributed by atoms with E-state index in [4.69, 9.17) is 11.6 Å². The summed E-state index contributed by atoms with van der Waals surface area (Å²) in [4.78, 5) is 0. The van der Waals surface area contributed by atoms with E-state index in [0.29, 0.717) is 17.0 Å². The van der Waals surface area contributed by atoms with Crippen molar-refractivity contribution >= 4 is 11.6 Å². The van der Waals surface area contributed by atoms with Crippen LogP contribution in [-0.2, 0) is 0 Å². The molecule has 1 rings (SSSR count). The molecule has 1 unspecified atom stereocenters. The lowest BCUT2D eigenvalue weighted by Crippen LogP contribution is -2.00. The first kappa shape index (κ1) is 16.5. The van der Waals surface area contributed by atoms with Crippen molar-refractivity contribution in [2.45, 2.75) is 64.4 Å². The van der Waals surface area contributed by atoms with Gasteiger partial charge in [-0.15, -0.1) is 0 Å². The van der Waals surface area contributed by atoms with Crippen LogP contribution in [0.15, 0.2) is 18.2 Å². The molecule has 0 aliphatic heterocycles. The molecule has 0 aromatic heterocycles. The normalized spacial score (nSPS) is 12.6. The van der Waals surface area contributed by atoms with Gasteiger partial charge in [-0.25, -0.2) is 4.39 Å². The van der Waals surface area contributed by atoms with Crippen LogP contribution in [0.3, 0.4) is 0 Å². The summed E-state index contributed by atoms with van der Waals surface area (Å²) in [6, 6.07) is 4.45.